The number of guanidine groups is 1. The van der Waals surface area contributed by atoms with Crippen molar-refractivity contribution in [3.05, 3.63) is 65.9 Å². The molecule has 0 radical (unpaired) electrons. The molecule has 0 unspecified atom stereocenters. The van der Waals surface area contributed by atoms with E-state index in [1.54, 1.807) is 24.0 Å². The molecule has 1 aliphatic heterocycles. The predicted octanol–water partition coefficient (Wildman–Crippen LogP) is 1.21. The first-order chi connectivity index (χ1) is 19.8. The number of Topliss-reactive ketones (excluding diaryl/α,β-unsaturated/α-hetero) is 1. The monoisotopic (exact) mass is 562 g/mol. The maximum absolute atomic E-state index is 15.0. The number of para-hydroxylation sites is 1. The number of ether oxygens (including phenoxy) is 1. The second kappa shape index (κ2) is 11.4. The molecule has 41 heavy (non-hydrogen) atoms. The minimum absolute atomic E-state index is 0.0858. The van der Waals surface area contributed by atoms with Crippen LogP contribution in [0.15, 0.2) is 53.9 Å². The van der Waals surface area contributed by atoms with Crippen molar-refractivity contribution in [1.82, 2.24) is 30.0 Å². The number of anilines is 1. The van der Waals surface area contributed by atoms with E-state index in [1.165, 1.54) is 22.2 Å². The Morgan fingerprint density at radius 3 is 2.54 bits per heavy atom. The molecule has 212 valence electrons. The van der Waals surface area contributed by atoms with E-state index >= 15 is 0 Å². The van der Waals surface area contributed by atoms with Gasteiger partial charge in [0.15, 0.2) is 5.82 Å². The molecule has 0 saturated carbocycles. The van der Waals surface area contributed by atoms with Crippen LogP contribution in [0, 0.1) is 5.82 Å². The molecule has 0 bridgehead atoms. The van der Waals surface area contributed by atoms with Crippen LogP contribution < -0.4 is 16.7 Å². The van der Waals surface area contributed by atoms with E-state index < -0.39 is 23.5 Å². The molecule has 0 spiro atoms. The number of rotatable bonds is 6. The minimum atomic E-state index is -0.882. The molecule has 0 atom stereocenters. The number of aromatic amines is 2. The van der Waals surface area contributed by atoms with Gasteiger partial charge in [0.1, 0.15) is 17.1 Å². The van der Waals surface area contributed by atoms with Crippen molar-refractivity contribution >= 4 is 40.2 Å². The quantitative estimate of drug-likeness (QED) is 0.0505. The maximum atomic E-state index is 15.0. The summed E-state index contributed by atoms with van der Waals surface area (Å²) in [7, 11) is 0. The van der Waals surface area contributed by atoms with Crippen LogP contribution >= 0.6 is 0 Å². The molecular formula is C26H27FN10O4. The molecule has 1 amide bonds. The number of amides is 1. The third-order valence-electron chi connectivity index (χ3n) is 6.63. The van der Waals surface area contributed by atoms with Crippen molar-refractivity contribution in [2.24, 2.45) is 16.8 Å². The number of nitrogens with two attached hydrogens (primary N) is 2. The summed E-state index contributed by atoms with van der Waals surface area (Å²) in [6.07, 6.45) is 2.20. The number of nitrogens with one attached hydrogen (secondary N) is 2. The zero-order valence-corrected chi connectivity index (χ0v) is 22.0. The van der Waals surface area contributed by atoms with Crippen LogP contribution in [-0.4, -0.2) is 86.4 Å². The average molecular weight is 563 g/mol. The smallest absolute Gasteiger partial charge is 0.356 e. The van der Waals surface area contributed by atoms with Gasteiger partial charge < -0.3 is 25.4 Å². The van der Waals surface area contributed by atoms with Gasteiger partial charge >= 0.3 is 5.97 Å². The first kappa shape index (κ1) is 27.3. The van der Waals surface area contributed by atoms with Crippen molar-refractivity contribution in [2.75, 3.05) is 37.8 Å². The number of nitrogens with zero attached hydrogens (tertiary/aromatic N) is 6. The largest absolute Gasteiger partial charge is 0.461 e. The number of pyridine rings is 1. The zero-order chi connectivity index (χ0) is 29.1. The van der Waals surface area contributed by atoms with Gasteiger partial charge in [-0.3, -0.25) is 14.7 Å². The second-order valence-corrected chi connectivity index (χ2v) is 9.04. The molecule has 15 heteroatoms. The summed E-state index contributed by atoms with van der Waals surface area (Å²) in [5.74, 6) is 9.06. The fourth-order valence-corrected chi connectivity index (χ4v) is 4.61. The van der Waals surface area contributed by atoms with Gasteiger partial charge in [0.05, 0.1) is 35.0 Å². The van der Waals surface area contributed by atoms with E-state index in [1.807, 2.05) is 18.2 Å². The fraction of sp³-hybridized carbons (Fsp3) is 0.231. The topological polar surface area (TPSA) is 192 Å². The van der Waals surface area contributed by atoms with Crippen molar-refractivity contribution < 1.29 is 23.5 Å². The average Bonchev–Trinajstić information content (AvgIpc) is 3.67. The number of aromatic nitrogens is 4. The number of hydrogen-bond donors (Lipinski definition) is 4. The molecule has 4 aromatic rings. The number of hydrogen-bond acceptors (Lipinski definition) is 9. The maximum Gasteiger partial charge on any atom is 0.356 e. The SMILES string of the molecule is CCOC(=O)c1cc(-c2ncc(F)c3c(C(=O)C(=O)N4CCN(/C(=N/N)N(N)c5ccccc5)CC4)c[nH]c23)n[nH]1. The van der Waals surface area contributed by atoms with Crippen LogP contribution in [-0.2, 0) is 9.53 Å². The predicted molar refractivity (Wildman–Crippen MR) is 147 cm³/mol. The van der Waals surface area contributed by atoms with Crippen molar-refractivity contribution in [2.45, 2.75) is 6.92 Å². The Hall–Kier alpha value is -5.31. The zero-order valence-electron chi connectivity index (χ0n) is 22.0. The van der Waals surface area contributed by atoms with Crippen LogP contribution in [0.3, 0.4) is 0 Å². The molecule has 6 N–H and O–H groups in total. The number of carbonyl (C=O) groups is 3. The normalized spacial score (nSPS) is 13.9. The number of esters is 1. The lowest BCUT2D eigenvalue weighted by molar-refractivity contribution is -0.127. The second-order valence-electron chi connectivity index (χ2n) is 9.04. The van der Waals surface area contributed by atoms with E-state index in [0.717, 1.165) is 6.20 Å². The number of carbonyl (C=O) groups excluding carboxylic acids is 3. The lowest BCUT2D eigenvalue weighted by Gasteiger charge is -2.38. The number of benzene rings is 1. The number of ketones is 1. The summed E-state index contributed by atoms with van der Waals surface area (Å²) < 4.78 is 19.9. The Bertz CT molecular complexity index is 1630. The first-order valence-electron chi connectivity index (χ1n) is 12.7. The third-order valence-corrected chi connectivity index (χ3v) is 6.63. The van der Waals surface area contributed by atoms with Crippen LogP contribution in [0.4, 0.5) is 10.1 Å². The van der Waals surface area contributed by atoms with Crippen molar-refractivity contribution in [3.63, 3.8) is 0 Å². The molecule has 1 aromatic carbocycles. The van der Waals surface area contributed by atoms with Crippen molar-refractivity contribution in [1.29, 1.82) is 0 Å². The summed E-state index contributed by atoms with van der Waals surface area (Å²) in [6.45, 7) is 2.85. The number of fused-ring (bicyclic) bond motifs is 1. The summed E-state index contributed by atoms with van der Waals surface area (Å²) in [4.78, 5) is 48.6. The van der Waals surface area contributed by atoms with Crippen LogP contribution in [0.25, 0.3) is 22.3 Å². The Morgan fingerprint density at radius 1 is 1.15 bits per heavy atom. The third kappa shape index (κ3) is 5.17. The molecule has 0 aliphatic carbocycles. The van der Waals surface area contributed by atoms with E-state index in [2.05, 4.69) is 25.3 Å². The Kier molecular flexibility index (Phi) is 7.60. The molecule has 5 rings (SSSR count). The highest BCUT2D eigenvalue weighted by atomic mass is 19.1. The summed E-state index contributed by atoms with van der Waals surface area (Å²) in [6, 6.07) is 10.5. The Labute approximate surface area is 232 Å². The van der Waals surface area contributed by atoms with Gasteiger partial charge in [0.25, 0.3) is 11.7 Å². The summed E-state index contributed by atoms with van der Waals surface area (Å²) >= 11 is 0. The lowest BCUT2D eigenvalue weighted by atomic mass is 10.1. The van der Waals surface area contributed by atoms with E-state index in [0.29, 0.717) is 24.7 Å². The standard InChI is InChI=1S/C26H27FN10O4/c1-2-41-25(40)19-12-18(33-34-19)21-22-20(17(27)14-31-21)16(13-30-22)23(38)24(39)35-8-10-36(11-9-35)26(32-28)37(29)15-6-4-3-5-7-15/h3-7,12-14,30H,2,8-11,28-29H2,1H3,(H,33,34)/b32-26-. The lowest BCUT2D eigenvalue weighted by Crippen LogP contribution is -2.57. The van der Waals surface area contributed by atoms with E-state index in [4.69, 9.17) is 16.4 Å². The van der Waals surface area contributed by atoms with E-state index in [-0.39, 0.29) is 53.2 Å². The molecule has 1 aliphatic rings. The fourth-order valence-electron chi connectivity index (χ4n) is 4.61. The van der Waals surface area contributed by atoms with Gasteiger partial charge in [0.2, 0.25) is 5.96 Å². The number of piperazine rings is 1. The molecule has 3 aromatic heterocycles. The summed E-state index contributed by atoms with van der Waals surface area (Å²) in [5, 5.41) is 11.7. The first-order valence-corrected chi connectivity index (χ1v) is 12.7. The van der Waals surface area contributed by atoms with Gasteiger partial charge in [-0.25, -0.2) is 25.0 Å². The molecular weight excluding hydrogens is 535 g/mol. The Balaban J connectivity index is 1.32. The molecule has 1 saturated heterocycles. The van der Waals surface area contributed by atoms with Gasteiger partial charge in [-0.05, 0) is 19.1 Å². The highest BCUT2D eigenvalue weighted by molar-refractivity contribution is 6.45. The highest BCUT2D eigenvalue weighted by Crippen LogP contribution is 2.30. The molecule has 14 nitrogen and oxygen atoms in total. The van der Waals surface area contributed by atoms with Gasteiger partial charge in [-0.2, -0.15) is 5.10 Å². The highest BCUT2D eigenvalue weighted by Gasteiger charge is 2.32. The number of hydrazone groups is 1. The van der Waals surface area contributed by atoms with Gasteiger partial charge in [-0.1, -0.05) is 18.2 Å². The van der Waals surface area contributed by atoms with E-state index in [9.17, 15) is 18.8 Å². The van der Waals surface area contributed by atoms with Crippen molar-refractivity contribution in [3.8, 4) is 11.4 Å². The van der Waals surface area contributed by atoms with Crippen LogP contribution in [0.1, 0.15) is 27.8 Å². The minimum Gasteiger partial charge on any atom is -0.461 e. The van der Waals surface area contributed by atoms with Gasteiger partial charge in [0, 0.05) is 38.4 Å². The number of halogens is 1. The van der Waals surface area contributed by atoms with Crippen LogP contribution in [0.2, 0.25) is 0 Å². The van der Waals surface area contributed by atoms with Crippen LogP contribution in [0.5, 0.6) is 0 Å². The summed E-state index contributed by atoms with van der Waals surface area (Å²) in [5.41, 5.74) is 1.18. The molecule has 1 fully saturated rings. The molecule has 4 heterocycles. The Morgan fingerprint density at radius 2 is 1.85 bits per heavy atom. The number of hydrazine groups is 1. The number of H-pyrrole nitrogens is 2. The van der Waals surface area contributed by atoms with Gasteiger partial charge in [-0.15, -0.1) is 5.10 Å².